The third-order valence-corrected chi connectivity index (χ3v) is 2.91. The molecule has 0 aromatic heterocycles. The molecule has 1 aliphatic carbocycles. The van der Waals surface area contributed by atoms with Gasteiger partial charge in [-0.05, 0) is 42.5 Å². The van der Waals surface area contributed by atoms with E-state index in [-0.39, 0.29) is 5.91 Å². The Morgan fingerprint density at radius 2 is 2.07 bits per heavy atom. The quantitative estimate of drug-likeness (QED) is 0.689. The minimum Gasteiger partial charge on any atom is -0.274 e. The van der Waals surface area contributed by atoms with Crippen LogP contribution in [-0.2, 0) is 17.7 Å². The predicted octanol–water partition coefficient (Wildman–Crippen LogP) is 1.81. The van der Waals surface area contributed by atoms with E-state index >= 15 is 0 Å². The van der Waals surface area contributed by atoms with Gasteiger partial charge in [0.2, 0.25) is 0 Å². The van der Waals surface area contributed by atoms with Gasteiger partial charge in [0.05, 0.1) is 7.11 Å². The molecule has 1 aromatic carbocycles. The highest BCUT2D eigenvalue weighted by molar-refractivity contribution is 5.93. The molecule has 0 saturated carbocycles. The molecule has 0 heterocycles. The first-order valence-electron chi connectivity index (χ1n) is 5.16. The summed E-state index contributed by atoms with van der Waals surface area (Å²) in [5.74, 6) is -0.0906. The summed E-state index contributed by atoms with van der Waals surface area (Å²) in [6.07, 6.45) is 3.43. The summed E-state index contributed by atoms with van der Waals surface area (Å²) >= 11 is 0. The Morgan fingerprint density at radius 3 is 2.80 bits per heavy atom. The number of fused-ring (bicyclic) bond motifs is 1. The largest absolute Gasteiger partial charge is 0.277 e. The van der Waals surface area contributed by atoms with Crippen LogP contribution in [0.4, 0.5) is 0 Å². The van der Waals surface area contributed by atoms with Crippen LogP contribution in [0.5, 0.6) is 0 Å². The van der Waals surface area contributed by atoms with Gasteiger partial charge in [0.25, 0.3) is 5.91 Å². The Bertz CT molecular complexity index is 387. The highest BCUT2D eigenvalue weighted by Crippen LogP contribution is 2.23. The Balaban J connectivity index is 2.26. The SMILES string of the molecule is CON(C)C(=O)c1ccc2c(c1)CCC2. The summed E-state index contributed by atoms with van der Waals surface area (Å²) in [6, 6.07) is 5.92. The van der Waals surface area contributed by atoms with Crippen LogP contribution in [0.2, 0.25) is 0 Å². The fourth-order valence-corrected chi connectivity index (χ4v) is 1.97. The maximum atomic E-state index is 11.8. The normalized spacial score (nSPS) is 13.7. The number of aryl methyl sites for hydroxylation is 2. The fraction of sp³-hybridized carbons (Fsp3) is 0.417. The summed E-state index contributed by atoms with van der Waals surface area (Å²) in [4.78, 5) is 16.6. The van der Waals surface area contributed by atoms with E-state index in [4.69, 9.17) is 4.84 Å². The Kier molecular flexibility index (Phi) is 2.73. The number of hydrogen-bond acceptors (Lipinski definition) is 2. The van der Waals surface area contributed by atoms with Crippen molar-refractivity contribution in [3.8, 4) is 0 Å². The van der Waals surface area contributed by atoms with Crippen LogP contribution in [0.1, 0.15) is 27.9 Å². The highest BCUT2D eigenvalue weighted by atomic mass is 16.7. The number of benzene rings is 1. The Morgan fingerprint density at radius 1 is 1.33 bits per heavy atom. The van der Waals surface area contributed by atoms with Crippen molar-refractivity contribution in [1.82, 2.24) is 5.06 Å². The van der Waals surface area contributed by atoms with Crippen molar-refractivity contribution in [2.45, 2.75) is 19.3 Å². The van der Waals surface area contributed by atoms with E-state index in [0.29, 0.717) is 5.56 Å². The van der Waals surface area contributed by atoms with Gasteiger partial charge in [-0.3, -0.25) is 9.63 Å². The third kappa shape index (κ3) is 1.88. The second-order valence-electron chi connectivity index (χ2n) is 3.82. The van der Waals surface area contributed by atoms with Crippen LogP contribution in [0, 0.1) is 0 Å². The van der Waals surface area contributed by atoms with Crippen molar-refractivity contribution in [2.75, 3.05) is 14.2 Å². The van der Waals surface area contributed by atoms with Crippen molar-refractivity contribution >= 4 is 5.91 Å². The van der Waals surface area contributed by atoms with E-state index < -0.39 is 0 Å². The minimum absolute atomic E-state index is 0.0906. The van der Waals surface area contributed by atoms with Gasteiger partial charge in [-0.1, -0.05) is 6.07 Å². The summed E-state index contributed by atoms with van der Waals surface area (Å²) in [5, 5.41) is 1.25. The number of rotatable bonds is 2. The molecule has 1 aliphatic rings. The topological polar surface area (TPSA) is 29.5 Å². The lowest BCUT2D eigenvalue weighted by atomic mass is 10.1. The average Bonchev–Trinajstić information content (AvgIpc) is 2.73. The van der Waals surface area contributed by atoms with Crippen molar-refractivity contribution in [1.29, 1.82) is 0 Å². The first-order valence-corrected chi connectivity index (χ1v) is 5.16. The Hall–Kier alpha value is -1.35. The lowest BCUT2D eigenvalue weighted by Gasteiger charge is -2.14. The van der Waals surface area contributed by atoms with E-state index in [9.17, 15) is 4.79 Å². The van der Waals surface area contributed by atoms with Crippen LogP contribution in [0.15, 0.2) is 18.2 Å². The van der Waals surface area contributed by atoms with Gasteiger partial charge in [0.15, 0.2) is 0 Å². The number of carbonyl (C=O) groups is 1. The lowest BCUT2D eigenvalue weighted by molar-refractivity contribution is -0.0757. The molecule has 0 spiro atoms. The van der Waals surface area contributed by atoms with Gasteiger partial charge in [-0.15, -0.1) is 0 Å². The zero-order valence-electron chi connectivity index (χ0n) is 9.12. The molecule has 3 heteroatoms. The van der Waals surface area contributed by atoms with Crippen LogP contribution >= 0.6 is 0 Å². The van der Waals surface area contributed by atoms with Gasteiger partial charge >= 0.3 is 0 Å². The third-order valence-electron chi connectivity index (χ3n) is 2.91. The average molecular weight is 205 g/mol. The molecular weight excluding hydrogens is 190 g/mol. The number of carbonyl (C=O) groups excluding carboxylic acids is 1. The van der Waals surface area contributed by atoms with Crippen LogP contribution < -0.4 is 0 Å². The lowest BCUT2D eigenvalue weighted by Crippen LogP contribution is -2.25. The Labute approximate surface area is 89.6 Å². The van der Waals surface area contributed by atoms with Crippen molar-refractivity contribution in [3.05, 3.63) is 34.9 Å². The standard InChI is InChI=1S/C12H15NO2/c1-13(15-2)12(14)11-7-6-9-4-3-5-10(9)8-11/h6-8H,3-5H2,1-2H3. The maximum Gasteiger partial charge on any atom is 0.277 e. The van der Waals surface area contributed by atoms with Gasteiger partial charge in [-0.25, -0.2) is 5.06 Å². The van der Waals surface area contributed by atoms with Gasteiger partial charge in [0, 0.05) is 12.6 Å². The molecule has 15 heavy (non-hydrogen) atoms. The molecule has 80 valence electrons. The molecule has 2 rings (SSSR count). The zero-order chi connectivity index (χ0) is 10.8. The molecular formula is C12H15NO2. The number of hydroxylamine groups is 2. The van der Waals surface area contributed by atoms with Crippen LogP contribution in [-0.4, -0.2) is 25.1 Å². The monoisotopic (exact) mass is 205 g/mol. The smallest absolute Gasteiger partial charge is 0.274 e. The molecule has 0 atom stereocenters. The van der Waals surface area contributed by atoms with Crippen molar-refractivity contribution < 1.29 is 9.63 Å². The van der Waals surface area contributed by atoms with E-state index in [0.717, 1.165) is 12.8 Å². The van der Waals surface area contributed by atoms with Crippen molar-refractivity contribution in [2.24, 2.45) is 0 Å². The summed E-state index contributed by atoms with van der Waals surface area (Å²) in [5.41, 5.74) is 3.40. The molecule has 0 saturated heterocycles. The van der Waals surface area contributed by atoms with Gasteiger partial charge in [-0.2, -0.15) is 0 Å². The number of amides is 1. The van der Waals surface area contributed by atoms with E-state index in [2.05, 4.69) is 6.07 Å². The predicted molar refractivity (Wildman–Crippen MR) is 57.6 cm³/mol. The van der Waals surface area contributed by atoms with E-state index in [1.165, 1.54) is 29.7 Å². The molecule has 0 N–H and O–H groups in total. The maximum absolute atomic E-state index is 11.8. The van der Waals surface area contributed by atoms with Crippen LogP contribution in [0.25, 0.3) is 0 Å². The molecule has 0 aliphatic heterocycles. The molecule has 1 aromatic rings. The van der Waals surface area contributed by atoms with Gasteiger partial charge < -0.3 is 0 Å². The van der Waals surface area contributed by atoms with E-state index in [1.54, 1.807) is 7.05 Å². The molecule has 0 fully saturated rings. The summed E-state index contributed by atoms with van der Waals surface area (Å²) < 4.78 is 0. The summed E-state index contributed by atoms with van der Waals surface area (Å²) in [6.45, 7) is 0. The molecule has 1 amide bonds. The molecule has 0 radical (unpaired) electrons. The van der Waals surface area contributed by atoms with Crippen LogP contribution in [0.3, 0.4) is 0 Å². The highest BCUT2D eigenvalue weighted by Gasteiger charge is 2.16. The van der Waals surface area contributed by atoms with E-state index in [1.807, 2.05) is 12.1 Å². The number of hydrogen-bond donors (Lipinski definition) is 0. The summed E-state index contributed by atoms with van der Waals surface area (Å²) in [7, 11) is 3.11. The first-order chi connectivity index (χ1) is 7.22. The second kappa shape index (κ2) is 4.03. The first kappa shape index (κ1) is 10.2. The molecule has 3 nitrogen and oxygen atoms in total. The van der Waals surface area contributed by atoms with Gasteiger partial charge in [0.1, 0.15) is 0 Å². The minimum atomic E-state index is -0.0906. The fourth-order valence-electron chi connectivity index (χ4n) is 1.97. The van der Waals surface area contributed by atoms with Crippen molar-refractivity contribution in [3.63, 3.8) is 0 Å². The number of nitrogens with zero attached hydrogens (tertiary/aromatic N) is 1. The second-order valence-corrected chi connectivity index (χ2v) is 3.82. The molecule has 0 unspecified atom stereocenters. The molecule has 0 bridgehead atoms. The zero-order valence-corrected chi connectivity index (χ0v) is 9.12.